The lowest BCUT2D eigenvalue weighted by molar-refractivity contribution is 0.155. The number of ether oxygens (including phenoxy) is 2. The Morgan fingerprint density at radius 1 is 1.00 bits per heavy atom. The van der Waals surface area contributed by atoms with Crippen LogP contribution in [0.2, 0.25) is 0 Å². The molecule has 0 aromatic heterocycles. The molecule has 0 atom stereocenters. The summed E-state index contributed by atoms with van der Waals surface area (Å²) >= 11 is 0. The van der Waals surface area contributed by atoms with Crippen molar-refractivity contribution in [3.8, 4) is 0 Å². The van der Waals surface area contributed by atoms with Gasteiger partial charge in [0.15, 0.2) is 0 Å². The van der Waals surface area contributed by atoms with Gasteiger partial charge in [-0.25, -0.2) is 0 Å². The van der Waals surface area contributed by atoms with Crippen molar-refractivity contribution < 1.29 is 9.47 Å². The Bertz CT molecular complexity index is 313. The van der Waals surface area contributed by atoms with Crippen molar-refractivity contribution in [2.45, 2.75) is 0 Å². The van der Waals surface area contributed by atoms with Gasteiger partial charge in [-0.3, -0.25) is 0 Å². The maximum atomic E-state index is 5.02. The van der Waals surface area contributed by atoms with Crippen molar-refractivity contribution in [1.29, 1.82) is 0 Å². The standard InChI is InChI=1S/C12H12O2/c1-3-13-12(14-4-2)10-11-8-6-5-7-9-11/h3-10H,1-2H2. The summed E-state index contributed by atoms with van der Waals surface area (Å²) in [6, 6.07) is 9.70. The molecule has 0 fully saturated rings. The van der Waals surface area contributed by atoms with Crippen LogP contribution in [0, 0.1) is 0 Å². The fraction of sp³-hybridized carbons (Fsp3) is 0. The highest BCUT2D eigenvalue weighted by molar-refractivity contribution is 5.49. The third-order valence-electron chi connectivity index (χ3n) is 1.48. The summed E-state index contributed by atoms with van der Waals surface area (Å²) in [4.78, 5) is 0. The molecule has 0 amide bonds. The molecule has 0 saturated heterocycles. The van der Waals surface area contributed by atoms with Crippen molar-refractivity contribution in [1.82, 2.24) is 0 Å². The topological polar surface area (TPSA) is 18.5 Å². The van der Waals surface area contributed by atoms with Crippen LogP contribution in [0.5, 0.6) is 0 Å². The van der Waals surface area contributed by atoms with Crippen LogP contribution in [0.3, 0.4) is 0 Å². The number of rotatable bonds is 5. The second-order valence-electron chi connectivity index (χ2n) is 2.44. The molecule has 0 heterocycles. The van der Waals surface area contributed by atoms with E-state index < -0.39 is 0 Å². The molecule has 1 aromatic rings. The molecule has 0 bridgehead atoms. The van der Waals surface area contributed by atoms with Gasteiger partial charge in [0.25, 0.3) is 5.95 Å². The normalized spacial score (nSPS) is 8.57. The predicted octanol–water partition coefficient (Wildman–Crippen LogP) is 3.31. The first-order chi connectivity index (χ1) is 6.86. The molecule has 1 aromatic carbocycles. The van der Waals surface area contributed by atoms with Crippen LogP contribution < -0.4 is 0 Å². The fourth-order valence-corrected chi connectivity index (χ4v) is 0.945. The highest BCUT2D eigenvalue weighted by Gasteiger charge is 1.95. The van der Waals surface area contributed by atoms with Gasteiger partial charge in [-0.05, 0) is 5.56 Å². The van der Waals surface area contributed by atoms with Crippen LogP contribution in [0.25, 0.3) is 6.08 Å². The zero-order valence-electron chi connectivity index (χ0n) is 7.85. The monoisotopic (exact) mass is 188 g/mol. The third-order valence-corrected chi connectivity index (χ3v) is 1.48. The Kier molecular flexibility index (Phi) is 4.08. The van der Waals surface area contributed by atoms with Crippen molar-refractivity contribution in [2.75, 3.05) is 0 Å². The molecule has 0 aliphatic rings. The zero-order chi connectivity index (χ0) is 10.2. The summed E-state index contributed by atoms with van der Waals surface area (Å²) in [5.41, 5.74) is 0.992. The van der Waals surface area contributed by atoms with Gasteiger partial charge >= 0.3 is 0 Å². The van der Waals surface area contributed by atoms with Gasteiger partial charge in [-0.15, -0.1) is 0 Å². The van der Waals surface area contributed by atoms with E-state index in [0.717, 1.165) is 5.56 Å². The number of hydrogen-bond acceptors (Lipinski definition) is 2. The Labute approximate surface area is 83.8 Å². The van der Waals surface area contributed by atoms with Crippen molar-refractivity contribution in [3.05, 3.63) is 67.5 Å². The average molecular weight is 188 g/mol. The highest BCUT2D eigenvalue weighted by Crippen LogP contribution is 2.09. The lowest BCUT2D eigenvalue weighted by Crippen LogP contribution is -1.86. The largest absolute Gasteiger partial charge is 0.435 e. The second-order valence-corrected chi connectivity index (χ2v) is 2.44. The Balaban J connectivity index is 2.81. The quantitative estimate of drug-likeness (QED) is 0.660. The van der Waals surface area contributed by atoms with E-state index >= 15 is 0 Å². The fourth-order valence-electron chi connectivity index (χ4n) is 0.945. The summed E-state index contributed by atoms with van der Waals surface area (Å²) in [6.07, 6.45) is 4.36. The summed E-state index contributed by atoms with van der Waals surface area (Å²) in [5, 5.41) is 0. The number of benzene rings is 1. The molecule has 0 aliphatic heterocycles. The van der Waals surface area contributed by atoms with E-state index in [0.29, 0.717) is 5.95 Å². The van der Waals surface area contributed by atoms with Gasteiger partial charge in [0.05, 0.1) is 12.5 Å². The summed E-state index contributed by atoms with van der Waals surface area (Å²) in [5.74, 6) is 0.348. The molecular weight excluding hydrogens is 176 g/mol. The first-order valence-electron chi connectivity index (χ1n) is 4.18. The van der Waals surface area contributed by atoms with Gasteiger partial charge in [0, 0.05) is 6.08 Å². The van der Waals surface area contributed by atoms with E-state index in [2.05, 4.69) is 13.2 Å². The van der Waals surface area contributed by atoms with E-state index in [-0.39, 0.29) is 0 Å². The molecule has 14 heavy (non-hydrogen) atoms. The van der Waals surface area contributed by atoms with Crippen LogP contribution in [0.4, 0.5) is 0 Å². The van der Waals surface area contributed by atoms with Crippen LogP contribution in [-0.2, 0) is 9.47 Å². The van der Waals surface area contributed by atoms with Gasteiger partial charge < -0.3 is 9.47 Å². The molecule has 0 unspecified atom stereocenters. The molecule has 0 N–H and O–H groups in total. The molecule has 72 valence electrons. The molecule has 0 spiro atoms. The summed E-state index contributed by atoms with van der Waals surface area (Å²) in [6.45, 7) is 6.89. The Morgan fingerprint density at radius 2 is 1.57 bits per heavy atom. The van der Waals surface area contributed by atoms with Gasteiger partial charge in [-0.1, -0.05) is 43.5 Å². The summed E-state index contributed by atoms with van der Waals surface area (Å²) < 4.78 is 10.0. The lowest BCUT2D eigenvalue weighted by atomic mass is 10.2. The van der Waals surface area contributed by atoms with E-state index in [9.17, 15) is 0 Å². The molecular formula is C12H12O2. The van der Waals surface area contributed by atoms with Crippen LogP contribution in [0.1, 0.15) is 5.56 Å². The molecule has 2 heteroatoms. The van der Waals surface area contributed by atoms with Crippen molar-refractivity contribution in [3.63, 3.8) is 0 Å². The maximum Gasteiger partial charge on any atom is 0.289 e. The van der Waals surface area contributed by atoms with E-state index in [1.54, 1.807) is 6.08 Å². The predicted molar refractivity (Wildman–Crippen MR) is 57.0 cm³/mol. The van der Waals surface area contributed by atoms with Crippen molar-refractivity contribution in [2.24, 2.45) is 0 Å². The summed E-state index contributed by atoms with van der Waals surface area (Å²) in [7, 11) is 0. The molecule has 0 aliphatic carbocycles. The third kappa shape index (κ3) is 3.19. The first-order valence-corrected chi connectivity index (χ1v) is 4.18. The molecule has 0 radical (unpaired) electrons. The molecule has 2 nitrogen and oxygen atoms in total. The first kappa shape index (κ1) is 10.1. The van der Waals surface area contributed by atoms with Gasteiger partial charge in [0.2, 0.25) is 0 Å². The average Bonchev–Trinajstić information content (AvgIpc) is 2.20. The van der Waals surface area contributed by atoms with E-state index in [1.807, 2.05) is 30.3 Å². The lowest BCUT2D eigenvalue weighted by Gasteiger charge is -2.03. The number of hydrogen-bond donors (Lipinski definition) is 0. The Morgan fingerprint density at radius 3 is 2.07 bits per heavy atom. The second kappa shape index (κ2) is 5.65. The highest BCUT2D eigenvalue weighted by atomic mass is 16.7. The van der Waals surface area contributed by atoms with Gasteiger partial charge in [-0.2, -0.15) is 0 Å². The van der Waals surface area contributed by atoms with Crippen LogP contribution in [-0.4, -0.2) is 0 Å². The van der Waals surface area contributed by atoms with Crippen LogP contribution >= 0.6 is 0 Å². The SMILES string of the molecule is C=COC(=Cc1ccccc1)OC=C. The van der Waals surface area contributed by atoms with E-state index in [1.165, 1.54) is 12.5 Å². The zero-order valence-corrected chi connectivity index (χ0v) is 7.85. The van der Waals surface area contributed by atoms with Crippen LogP contribution in [0.15, 0.2) is 62.0 Å². The molecule has 1 rings (SSSR count). The minimum atomic E-state index is 0.348. The molecule has 0 saturated carbocycles. The minimum absolute atomic E-state index is 0.348. The van der Waals surface area contributed by atoms with Crippen molar-refractivity contribution >= 4 is 6.08 Å². The van der Waals surface area contributed by atoms with Gasteiger partial charge in [0.1, 0.15) is 0 Å². The Hall–Kier alpha value is -1.96. The smallest absolute Gasteiger partial charge is 0.289 e. The minimum Gasteiger partial charge on any atom is -0.435 e. The van der Waals surface area contributed by atoms with E-state index in [4.69, 9.17) is 9.47 Å². The maximum absolute atomic E-state index is 5.02.